The molecule has 1 aromatic rings. The fourth-order valence-corrected chi connectivity index (χ4v) is 2.64. The normalized spacial score (nSPS) is 16.4. The summed E-state index contributed by atoms with van der Waals surface area (Å²) < 4.78 is 0. The Kier molecular flexibility index (Phi) is 3.36. The largest absolute Gasteiger partial charge is 0.314 e. The van der Waals surface area contributed by atoms with Crippen molar-refractivity contribution in [2.75, 3.05) is 11.9 Å². The summed E-state index contributed by atoms with van der Waals surface area (Å²) in [5.41, 5.74) is 3.68. The second-order valence-corrected chi connectivity index (χ2v) is 5.56. The minimum atomic E-state index is -0.778. The van der Waals surface area contributed by atoms with E-state index in [4.69, 9.17) is 0 Å². The number of aryl methyl sites for hydroxylation is 1. The maximum Gasteiger partial charge on any atom is 0.247 e. The summed E-state index contributed by atoms with van der Waals surface area (Å²) in [6.45, 7) is 6.16. The maximum absolute atomic E-state index is 12.5. The number of rotatable bonds is 2. The van der Waals surface area contributed by atoms with Gasteiger partial charge in [-0.25, -0.2) is 0 Å². The Labute approximate surface area is 114 Å². The van der Waals surface area contributed by atoms with E-state index in [1.54, 1.807) is 11.9 Å². The molecule has 1 amide bonds. The standard InChI is InChI=1S/C16H20N2O/c1-11-6-7-14(13(3)12(11)2)18(4)15(19)16(10-17)8-5-9-16/h6-7H,5,8-9H2,1-4H3. The van der Waals surface area contributed by atoms with Crippen molar-refractivity contribution in [3.05, 3.63) is 28.8 Å². The van der Waals surface area contributed by atoms with E-state index < -0.39 is 5.41 Å². The Morgan fingerprint density at radius 2 is 1.89 bits per heavy atom. The van der Waals surface area contributed by atoms with Gasteiger partial charge in [0.05, 0.1) is 6.07 Å². The van der Waals surface area contributed by atoms with Crippen LogP contribution in [0, 0.1) is 37.5 Å². The number of hydrogen-bond acceptors (Lipinski definition) is 2. The van der Waals surface area contributed by atoms with Crippen molar-refractivity contribution in [2.45, 2.75) is 40.0 Å². The zero-order valence-corrected chi connectivity index (χ0v) is 12.1. The highest BCUT2D eigenvalue weighted by atomic mass is 16.2. The van der Waals surface area contributed by atoms with E-state index >= 15 is 0 Å². The second-order valence-electron chi connectivity index (χ2n) is 5.56. The van der Waals surface area contributed by atoms with E-state index in [0.29, 0.717) is 12.8 Å². The molecule has 1 fully saturated rings. The lowest BCUT2D eigenvalue weighted by molar-refractivity contribution is -0.128. The predicted octanol–water partition coefficient (Wildman–Crippen LogP) is 3.27. The number of carbonyl (C=O) groups is 1. The first-order valence-electron chi connectivity index (χ1n) is 6.69. The third kappa shape index (κ3) is 2.02. The molecule has 1 aromatic carbocycles. The number of amides is 1. The van der Waals surface area contributed by atoms with Crippen LogP contribution in [0.5, 0.6) is 0 Å². The Morgan fingerprint density at radius 3 is 2.37 bits per heavy atom. The number of nitriles is 1. The van der Waals surface area contributed by atoms with Gasteiger partial charge in [0.25, 0.3) is 0 Å². The zero-order chi connectivity index (χ0) is 14.2. The van der Waals surface area contributed by atoms with Gasteiger partial charge in [-0.1, -0.05) is 6.07 Å². The molecule has 0 bridgehead atoms. The van der Waals surface area contributed by atoms with Crippen molar-refractivity contribution >= 4 is 11.6 Å². The Morgan fingerprint density at radius 1 is 1.26 bits per heavy atom. The van der Waals surface area contributed by atoms with Gasteiger partial charge in [-0.05, 0) is 62.8 Å². The molecule has 2 rings (SSSR count). The summed E-state index contributed by atoms with van der Waals surface area (Å²) in [4.78, 5) is 14.2. The van der Waals surface area contributed by atoms with E-state index in [-0.39, 0.29) is 5.91 Å². The van der Waals surface area contributed by atoms with Crippen LogP contribution in [0.3, 0.4) is 0 Å². The van der Waals surface area contributed by atoms with Gasteiger partial charge < -0.3 is 4.90 Å². The van der Waals surface area contributed by atoms with Crippen LogP contribution in [0.4, 0.5) is 5.69 Å². The van der Waals surface area contributed by atoms with Gasteiger partial charge in [0.2, 0.25) is 5.91 Å². The molecule has 1 aliphatic carbocycles. The molecule has 0 radical (unpaired) electrons. The highest BCUT2D eigenvalue weighted by Crippen LogP contribution is 2.42. The average molecular weight is 256 g/mol. The van der Waals surface area contributed by atoms with Crippen molar-refractivity contribution in [3.63, 3.8) is 0 Å². The van der Waals surface area contributed by atoms with Gasteiger partial charge in [0.15, 0.2) is 0 Å². The van der Waals surface area contributed by atoms with Crippen molar-refractivity contribution in [1.29, 1.82) is 5.26 Å². The number of nitrogens with zero attached hydrogens (tertiary/aromatic N) is 2. The number of benzene rings is 1. The van der Waals surface area contributed by atoms with Gasteiger partial charge in [-0.15, -0.1) is 0 Å². The summed E-state index contributed by atoms with van der Waals surface area (Å²) in [7, 11) is 1.77. The molecule has 3 heteroatoms. The smallest absolute Gasteiger partial charge is 0.247 e. The molecule has 0 N–H and O–H groups in total. The van der Waals surface area contributed by atoms with Crippen LogP contribution >= 0.6 is 0 Å². The lowest BCUT2D eigenvalue weighted by Crippen LogP contribution is -2.45. The summed E-state index contributed by atoms with van der Waals surface area (Å²) >= 11 is 0. The molecule has 100 valence electrons. The van der Waals surface area contributed by atoms with Crippen LogP contribution < -0.4 is 4.90 Å². The van der Waals surface area contributed by atoms with Gasteiger partial charge in [0.1, 0.15) is 5.41 Å². The van der Waals surface area contributed by atoms with E-state index in [9.17, 15) is 10.1 Å². The van der Waals surface area contributed by atoms with Crippen molar-refractivity contribution in [2.24, 2.45) is 5.41 Å². The molecule has 0 unspecified atom stereocenters. The Hall–Kier alpha value is -1.82. The first-order chi connectivity index (χ1) is 8.93. The predicted molar refractivity (Wildman–Crippen MR) is 76.0 cm³/mol. The van der Waals surface area contributed by atoms with Gasteiger partial charge in [0, 0.05) is 12.7 Å². The van der Waals surface area contributed by atoms with Crippen molar-refractivity contribution in [3.8, 4) is 6.07 Å². The topological polar surface area (TPSA) is 44.1 Å². The first kappa shape index (κ1) is 13.6. The molecular formula is C16H20N2O. The second kappa shape index (κ2) is 4.70. The van der Waals surface area contributed by atoms with Crippen molar-refractivity contribution in [1.82, 2.24) is 0 Å². The van der Waals surface area contributed by atoms with Crippen LogP contribution in [0.1, 0.15) is 36.0 Å². The lowest BCUT2D eigenvalue weighted by atomic mass is 9.69. The van der Waals surface area contributed by atoms with E-state index in [0.717, 1.165) is 17.7 Å². The van der Waals surface area contributed by atoms with E-state index in [2.05, 4.69) is 19.9 Å². The monoisotopic (exact) mass is 256 g/mol. The van der Waals surface area contributed by atoms with E-state index in [1.165, 1.54) is 11.1 Å². The SMILES string of the molecule is Cc1ccc(N(C)C(=O)C2(C#N)CCC2)c(C)c1C. The van der Waals surface area contributed by atoms with Gasteiger partial charge in [-0.2, -0.15) is 5.26 Å². The molecule has 0 aliphatic heterocycles. The van der Waals surface area contributed by atoms with Crippen LogP contribution in [0.25, 0.3) is 0 Å². The Bertz CT molecular complexity index is 565. The fraction of sp³-hybridized carbons (Fsp3) is 0.500. The molecule has 0 spiro atoms. The molecular weight excluding hydrogens is 236 g/mol. The summed E-state index contributed by atoms with van der Waals surface area (Å²) in [5, 5.41) is 9.27. The summed E-state index contributed by atoms with van der Waals surface area (Å²) in [6, 6.07) is 6.22. The van der Waals surface area contributed by atoms with Crippen molar-refractivity contribution < 1.29 is 4.79 Å². The quantitative estimate of drug-likeness (QED) is 0.815. The molecule has 0 aromatic heterocycles. The molecule has 19 heavy (non-hydrogen) atoms. The minimum absolute atomic E-state index is 0.0624. The molecule has 0 saturated heterocycles. The maximum atomic E-state index is 12.5. The van der Waals surface area contributed by atoms with Crippen LogP contribution in [0.15, 0.2) is 12.1 Å². The average Bonchev–Trinajstić information content (AvgIpc) is 2.34. The third-order valence-corrected chi connectivity index (χ3v) is 4.53. The third-order valence-electron chi connectivity index (χ3n) is 4.53. The number of hydrogen-bond donors (Lipinski definition) is 0. The number of anilines is 1. The zero-order valence-electron chi connectivity index (χ0n) is 12.1. The van der Waals surface area contributed by atoms with Gasteiger partial charge in [-0.3, -0.25) is 4.79 Å². The molecule has 0 heterocycles. The summed E-state index contributed by atoms with van der Waals surface area (Å²) in [5.74, 6) is -0.0624. The molecule has 3 nitrogen and oxygen atoms in total. The molecule has 1 aliphatic rings. The highest BCUT2D eigenvalue weighted by molar-refractivity contribution is 6.00. The van der Waals surface area contributed by atoms with Crippen LogP contribution in [-0.2, 0) is 4.79 Å². The van der Waals surface area contributed by atoms with Crippen LogP contribution in [-0.4, -0.2) is 13.0 Å². The Balaban J connectivity index is 2.35. The van der Waals surface area contributed by atoms with Gasteiger partial charge >= 0.3 is 0 Å². The number of carbonyl (C=O) groups excluding carboxylic acids is 1. The lowest BCUT2D eigenvalue weighted by Gasteiger charge is -2.37. The fourth-order valence-electron chi connectivity index (χ4n) is 2.64. The summed E-state index contributed by atoms with van der Waals surface area (Å²) in [6.07, 6.45) is 2.35. The molecule has 1 saturated carbocycles. The van der Waals surface area contributed by atoms with E-state index in [1.807, 2.05) is 19.1 Å². The van der Waals surface area contributed by atoms with Crippen LogP contribution in [0.2, 0.25) is 0 Å². The minimum Gasteiger partial charge on any atom is -0.314 e. The first-order valence-corrected chi connectivity index (χ1v) is 6.69. The molecule has 0 atom stereocenters. The highest BCUT2D eigenvalue weighted by Gasteiger charge is 2.46.